The van der Waals surface area contributed by atoms with Gasteiger partial charge in [-0.2, -0.15) is 5.26 Å². The maximum absolute atomic E-state index is 12.5. The van der Waals surface area contributed by atoms with Crippen LogP contribution in [0.4, 0.5) is 0 Å². The fourth-order valence-corrected chi connectivity index (χ4v) is 3.51. The summed E-state index contributed by atoms with van der Waals surface area (Å²) in [7, 11) is 0. The van der Waals surface area contributed by atoms with E-state index in [9.17, 15) is 14.9 Å². The third kappa shape index (κ3) is 4.15. The molecule has 0 radical (unpaired) electrons. The number of ether oxygens (including phenoxy) is 2. The van der Waals surface area contributed by atoms with Crippen LogP contribution in [0.25, 0.3) is 0 Å². The van der Waals surface area contributed by atoms with Crippen molar-refractivity contribution in [2.24, 2.45) is 17.3 Å². The minimum Gasteiger partial charge on any atom is -0.481 e. The zero-order chi connectivity index (χ0) is 20.3. The van der Waals surface area contributed by atoms with Crippen LogP contribution in [-0.2, 0) is 14.3 Å². The lowest BCUT2D eigenvalue weighted by molar-refractivity contribution is -0.149. The van der Waals surface area contributed by atoms with E-state index in [0.29, 0.717) is 17.1 Å². The number of carbonyl (C=O) groups excluding carboxylic acids is 1. The predicted octanol–water partition coefficient (Wildman–Crippen LogP) is 4.33. The molecule has 0 amide bonds. The van der Waals surface area contributed by atoms with Crippen LogP contribution in [0.15, 0.2) is 54.6 Å². The molecule has 0 unspecified atom stereocenters. The molecule has 6 nitrogen and oxygen atoms in total. The summed E-state index contributed by atoms with van der Waals surface area (Å²) in [6, 6.07) is 18.0. The first-order chi connectivity index (χ1) is 13.3. The average molecular weight is 379 g/mol. The van der Waals surface area contributed by atoms with Gasteiger partial charge in [-0.05, 0) is 35.6 Å². The fraction of sp³-hybridized carbons (Fsp3) is 0.318. The number of nitriles is 1. The second kappa shape index (κ2) is 7.73. The number of rotatable bonds is 7. The summed E-state index contributed by atoms with van der Waals surface area (Å²) in [4.78, 5) is 23.5. The van der Waals surface area contributed by atoms with Crippen molar-refractivity contribution in [2.45, 2.75) is 26.4 Å². The Labute approximate surface area is 163 Å². The number of esters is 1. The van der Waals surface area contributed by atoms with Gasteiger partial charge in [0.15, 0.2) is 0 Å². The lowest BCUT2D eigenvalue weighted by atomic mass is 10.1. The second-order valence-corrected chi connectivity index (χ2v) is 7.44. The molecule has 0 spiro atoms. The van der Waals surface area contributed by atoms with Gasteiger partial charge in [0.25, 0.3) is 0 Å². The van der Waals surface area contributed by atoms with Crippen LogP contribution in [0.1, 0.15) is 31.9 Å². The summed E-state index contributed by atoms with van der Waals surface area (Å²) in [6.07, 6.45) is -1.18. The quantitative estimate of drug-likeness (QED) is 0.719. The molecule has 1 saturated carbocycles. The maximum atomic E-state index is 12.5. The molecular formula is C22H21NO5. The van der Waals surface area contributed by atoms with Crippen molar-refractivity contribution in [3.63, 3.8) is 0 Å². The van der Waals surface area contributed by atoms with Gasteiger partial charge in [0.2, 0.25) is 6.10 Å². The molecule has 2 aromatic carbocycles. The summed E-state index contributed by atoms with van der Waals surface area (Å²) in [5, 5.41) is 18.5. The van der Waals surface area contributed by atoms with Crippen LogP contribution in [-0.4, -0.2) is 17.0 Å². The van der Waals surface area contributed by atoms with Gasteiger partial charge >= 0.3 is 11.9 Å². The van der Waals surface area contributed by atoms with Crippen LogP contribution in [0.3, 0.4) is 0 Å². The minimum absolute atomic E-state index is 0.0929. The van der Waals surface area contributed by atoms with Crippen LogP contribution in [0.2, 0.25) is 0 Å². The number of aliphatic carboxylic acids is 1. The largest absolute Gasteiger partial charge is 0.481 e. The summed E-state index contributed by atoms with van der Waals surface area (Å²) < 4.78 is 11.2. The molecule has 28 heavy (non-hydrogen) atoms. The third-order valence-corrected chi connectivity index (χ3v) is 5.19. The SMILES string of the molecule is CC1(C)[C@H](CC(=O)O)[C@H]1C(=O)O[C@H](C#N)c1cccc(Oc2ccccc2)c1. The molecule has 1 N–H and O–H groups in total. The van der Waals surface area contributed by atoms with Crippen molar-refractivity contribution in [3.05, 3.63) is 60.2 Å². The normalized spacial score (nSPS) is 20.5. The Hall–Kier alpha value is -3.33. The van der Waals surface area contributed by atoms with E-state index in [-0.39, 0.29) is 12.3 Å². The Kier molecular flexibility index (Phi) is 5.36. The molecule has 0 saturated heterocycles. The van der Waals surface area contributed by atoms with E-state index in [1.54, 1.807) is 24.3 Å². The minimum atomic E-state index is -1.09. The Morgan fingerprint density at radius 2 is 1.82 bits per heavy atom. The zero-order valence-electron chi connectivity index (χ0n) is 15.7. The standard InChI is InChI=1S/C22H21NO5/c1-22(2)17(12-19(24)25)20(22)21(26)28-18(13-23)14-7-6-10-16(11-14)27-15-8-4-3-5-9-15/h3-11,17-18,20H,12H2,1-2H3,(H,24,25)/t17-,18-,20+/m1/s1. The summed E-state index contributed by atoms with van der Waals surface area (Å²) in [6.45, 7) is 3.67. The van der Waals surface area contributed by atoms with E-state index >= 15 is 0 Å². The van der Waals surface area contributed by atoms with Crippen molar-refractivity contribution in [1.29, 1.82) is 5.26 Å². The summed E-state index contributed by atoms with van der Waals surface area (Å²) >= 11 is 0. The molecule has 2 aromatic rings. The molecule has 1 aliphatic rings. The van der Waals surface area contributed by atoms with E-state index in [1.807, 2.05) is 50.2 Å². The number of carbonyl (C=O) groups is 2. The van der Waals surface area contributed by atoms with Crippen LogP contribution in [0.5, 0.6) is 11.5 Å². The Morgan fingerprint density at radius 3 is 2.46 bits per heavy atom. The van der Waals surface area contributed by atoms with E-state index in [0.717, 1.165) is 0 Å². The molecule has 0 aliphatic heterocycles. The summed E-state index contributed by atoms with van der Waals surface area (Å²) in [5.41, 5.74) is 0.0471. The third-order valence-electron chi connectivity index (χ3n) is 5.19. The Balaban J connectivity index is 1.70. The van der Waals surface area contributed by atoms with E-state index in [2.05, 4.69) is 0 Å². The Morgan fingerprint density at radius 1 is 1.14 bits per heavy atom. The second-order valence-electron chi connectivity index (χ2n) is 7.44. The molecule has 0 bridgehead atoms. The molecule has 1 aliphatic carbocycles. The number of carboxylic acid groups (broad SMARTS) is 1. The fourth-order valence-electron chi connectivity index (χ4n) is 3.51. The monoisotopic (exact) mass is 379 g/mol. The molecule has 0 aromatic heterocycles. The van der Waals surface area contributed by atoms with Gasteiger partial charge < -0.3 is 14.6 Å². The highest BCUT2D eigenvalue weighted by Crippen LogP contribution is 2.60. The van der Waals surface area contributed by atoms with Gasteiger partial charge in [-0.15, -0.1) is 0 Å². The number of nitrogens with zero attached hydrogens (tertiary/aromatic N) is 1. The van der Waals surface area contributed by atoms with Crippen molar-refractivity contribution >= 4 is 11.9 Å². The number of para-hydroxylation sites is 1. The molecular weight excluding hydrogens is 358 g/mol. The predicted molar refractivity (Wildman–Crippen MR) is 100 cm³/mol. The molecule has 144 valence electrons. The number of hydrogen-bond acceptors (Lipinski definition) is 5. The lowest BCUT2D eigenvalue weighted by Crippen LogP contribution is -2.15. The van der Waals surface area contributed by atoms with Gasteiger partial charge in [-0.25, -0.2) is 0 Å². The van der Waals surface area contributed by atoms with E-state index < -0.39 is 29.4 Å². The van der Waals surface area contributed by atoms with Crippen molar-refractivity contribution < 1.29 is 24.2 Å². The average Bonchev–Trinajstić information content (AvgIpc) is 3.20. The van der Waals surface area contributed by atoms with Crippen molar-refractivity contribution in [1.82, 2.24) is 0 Å². The molecule has 0 heterocycles. The van der Waals surface area contributed by atoms with Gasteiger partial charge in [0, 0.05) is 12.0 Å². The molecule has 3 rings (SSSR count). The van der Waals surface area contributed by atoms with Gasteiger partial charge in [-0.3, -0.25) is 9.59 Å². The maximum Gasteiger partial charge on any atom is 0.311 e. The van der Waals surface area contributed by atoms with Crippen LogP contribution >= 0.6 is 0 Å². The first kappa shape index (κ1) is 19.4. The lowest BCUT2D eigenvalue weighted by Gasteiger charge is -2.13. The van der Waals surface area contributed by atoms with Crippen molar-refractivity contribution in [3.8, 4) is 17.6 Å². The first-order valence-corrected chi connectivity index (χ1v) is 8.97. The molecule has 1 fully saturated rings. The van der Waals surface area contributed by atoms with Crippen LogP contribution < -0.4 is 4.74 Å². The van der Waals surface area contributed by atoms with Gasteiger partial charge in [-0.1, -0.05) is 44.2 Å². The van der Waals surface area contributed by atoms with Crippen molar-refractivity contribution in [2.75, 3.05) is 0 Å². The Bertz CT molecular complexity index is 916. The highest BCUT2D eigenvalue weighted by Gasteiger charge is 2.63. The smallest absolute Gasteiger partial charge is 0.311 e. The first-order valence-electron chi connectivity index (χ1n) is 8.97. The molecule has 6 heteroatoms. The topological polar surface area (TPSA) is 96.6 Å². The van der Waals surface area contributed by atoms with Gasteiger partial charge in [0.1, 0.15) is 17.6 Å². The van der Waals surface area contributed by atoms with Crippen LogP contribution in [0, 0.1) is 28.6 Å². The van der Waals surface area contributed by atoms with E-state index in [1.165, 1.54) is 0 Å². The number of hydrogen-bond donors (Lipinski definition) is 1. The van der Waals surface area contributed by atoms with E-state index in [4.69, 9.17) is 14.6 Å². The number of benzene rings is 2. The highest BCUT2D eigenvalue weighted by atomic mass is 16.5. The number of carboxylic acids is 1. The van der Waals surface area contributed by atoms with Gasteiger partial charge in [0.05, 0.1) is 5.92 Å². The zero-order valence-corrected chi connectivity index (χ0v) is 15.7. The molecule has 3 atom stereocenters. The summed E-state index contributed by atoms with van der Waals surface area (Å²) in [5.74, 6) is -1.13. The highest BCUT2D eigenvalue weighted by molar-refractivity contribution is 5.80.